The summed E-state index contributed by atoms with van der Waals surface area (Å²) in [5.41, 5.74) is 1.68. The second-order valence-corrected chi connectivity index (χ2v) is 6.54. The molecular weight excluding hydrogens is 348 g/mol. The third-order valence-corrected chi connectivity index (χ3v) is 4.60. The minimum Gasteiger partial charge on any atom is -0.394 e. The number of aryl methyl sites for hydroxylation is 1. The second kappa shape index (κ2) is 11.0. The Bertz CT molecular complexity index is 677. The molecule has 0 aliphatic heterocycles. The van der Waals surface area contributed by atoms with Gasteiger partial charge in [-0.2, -0.15) is 0 Å². The summed E-state index contributed by atoms with van der Waals surface area (Å²) >= 11 is 6.04. The molecule has 0 atom stereocenters. The van der Waals surface area contributed by atoms with E-state index >= 15 is 0 Å². The zero-order valence-electron chi connectivity index (χ0n) is 16.0. The fraction of sp³-hybridized carbons (Fsp3) is 0.500. The first-order chi connectivity index (χ1) is 12.7. The molecule has 0 N–H and O–H groups in total. The van der Waals surface area contributed by atoms with Gasteiger partial charge in [-0.15, -0.1) is 0 Å². The SMILES string of the molecule is CCCCn1ccnc1/C(=N/OCCN(CC)CC)c1ccc(Cl)cc1. The highest BCUT2D eigenvalue weighted by atomic mass is 35.5. The Morgan fingerprint density at radius 2 is 1.92 bits per heavy atom. The van der Waals surface area contributed by atoms with E-state index in [9.17, 15) is 0 Å². The van der Waals surface area contributed by atoms with Crippen LogP contribution in [0.4, 0.5) is 0 Å². The lowest BCUT2D eigenvalue weighted by molar-refractivity contribution is 0.114. The molecule has 6 heteroatoms. The van der Waals surface area contributed by atoms with Crippen LogP contribution in [0.25, 0.3) is 0 Å². The van der Waals surface area contributed by atoms with Crippen LogP contribution < -0.4 is 0 Å². The van der Waals surface area contributed by atoms with Gasteiger partial charge in [-0.05, 0) is 31.6 Å². The highest BCUT2D eigenvalue weighted by molar-refractivity contribution is 6.30. The summed E-state index contributed by atoms with van der Waals surface area (Å²) < 4.78 is 2.13. The van der Waals surface area contributed by atoms with E-state index in [0.29, 0.717) is 11.6 Å². The zero-order chi connectivity index (χ0) is 18.8. The van der Waals surface area contributed by atoms with Gasteiger partial charge >= 0.3 is 0 Å². The standard InChI is InChI=1S/C20H29ClN4O/c1-4-7-13-25-14-12-22-20(25)19(17-8-10-18(21)11-9-17)23-26-16-15-24(5-2)6-3/h8-12,14H,4-7,13,15-16H2,1-3H3/b23-19+. The van der Waals surface area contributed by atoms with Crippen LogP contribution in [0.5, 0.6) is 0 Å². The number of likely N-dealkylation sites (N-methyl/N-ethyl adjacent to an activating group) is 1. The van der Waals surface area contributed by atoms with Crippen LogP contribution in [0.3, 0.4) is 0 Å². The maximum absolute atomic E-state index is 6.04. The van der Waals surface area contributed by atoms with Crippen LogP contribution in [-0.2, 0) is 11.4 Å². The first kappa shape index (κ1) is 20.5. The molecule has 0 saturated carbocycles. The Hall–Kier alpha value is -1.85. The average Bonchev–Trinajstić information content (AvgIpc) is 3.12. The van der Waals surface area contributed by atoms with Gasteiger partial charge in [0, 0.05) is 36.1 Å². The number of nitrogens with zero attached hydrogens (tertiary/aromatic N) is 4. The van der Waals surface area contributed by atoms with E-state index in [-0.39, 0.29) is 0 Å². The smallest absolute Gasteiger partial charge is 0.162 e. The quantitative estimate of drug-likeness (QED) is 0.330. The van der Waals surface area contributed by atoms with Gasteiger partial charge in [0.2, 0.25) is 0 Å². The Morgan fingerprint density at radius 3 is 2.58 bits per heavy atom. The molecule has 1 heterocycles. The molecule has 0 unspecified atom stereocenters. The van der Waals surface area contributed by atoms with Crippen molar-refractivity contribution in [2.75, 3.05) is 26.2 Å². The molecule has 2 rings (SSSR count). The summed E-state index contributed by atoms with van der Waals surface area (Å²) in [4.78, 5) is 12.5. The van der Waals surface area contributed by atoms with Gasteiger partial charge in [-0.1, -0.05) is 56.1 Å². The van der Waals surface area contributed by atoms with Crippen LogP contribution in [0.1, 0.15) is 45.0 Å². The Balaban J connectivity index is 2.21. The van der Waals surface area contributed by atoms with Crippen molar-refractivity contribution in [2.24, 2.45) is 5.16 Å². The van der Waals surface area contributed by atoms with E-state index in [4.69, 9.17) is 16.4 Å². The van der Waals surface area contributed by atoms with Crippen molar-refractivity contribution in [2.45, 2.75) is 40.2 Å². The van der Waals surface area contributed by atoms with E-state index < -0.39 is 0 Å². The van der Waals surface area contributed by atoms with Crippen LogP contribution in [0, 0.1) is 0 Å². The molecule has 5 nitrogen and oxygen atoms in total. The zero-order valence-corrected chi connectivity index (χ0v) is 16.7. The van der Waals surface area contributed by atoms with Gasteiger partial charge < -0.3 is 14.3 Å². The van der Waals surface area contributed by atoms with Gasteiger partial charge in [-0.3, -0.25) is 0 Å². The van der Waals surface area contributed by atoms with Crippen LogP contribution >= 0.6 is 11.6 Å². The predicted octanol–water partition coefficient (Wildman–Crippen LogP) is 4.45. The molecule has 1 aromatic carbocycles. The Kier molecular flexibility index (Phi) is 8.65. The number of benzene rings is 1. The summed E-state index contributed by atoms with van der Waals surface area (Å²) in [6.45, 7) is 10.8. The molecule has 0 amide bonds. The monoisotopic (exact) mass is 376 g/mol. The summed E-state index contributed by atoms with van der Waals surface area (Å²) in [6.07, 6.45) is 6.03. The molecular formula is C20H29ClN4O. The maximum Gasteiger partial charge on any atom is 0.162 e. The average molecular weight is 377 g/mol. The molecule has 0 spiro atoms. The fourth-order valence-electron chi connectivity index (χ4n) is 2.69. The van der Waals surface area contributed by atoms with Crippen molar-refractivity contribution in [3.8, 4) is 0 Å². The van der Waals surface area contributed by atoms with Crippen molar-refractivity contribution in [1.29, 1.82) is 0 Å². The molecule has 0 fully saturated rings. The lowest BCUT2D eigenvalue weighted by Crippen LogP contribution is -2.26. The number of rotatable bonds is 11. The first-order valence-corrected chi connectivity index (χ1v) is 9.77. The van der Waals surface area contributed by atoms with Crippen molar-refractivity contribution < 1.29 is 4.84 Å². The van der Waals surface area contributed by atoms with Crippen molar-refractivity contribution in [3.05, 3.63) is 53.1 Å². The predicted molar refractivity (Wildman–Crippen MR) is 108 cm³/mol. The molecule has 142 valence electrons. The van der Waals surface area contributed by atoms with Gasteiger partial charge in [0.15, 0.2) is 11.5 Å². The molecule has 2 aromatic rings. The largest absolute Gasteiger partial charge is 0.394 e. The molecule has 0 bridgehead atoms. The summed E-state index contributed by atoms with van der Waals surface area (Å²) in [5.74, 6) is 0.823. The van der Waals surface area contributed by atoms with E-state index in [1.54, 1.807) is 0 Å². The second-order valence-electron chi connectivity index (χ2n) is 6.10. The summed E-state index contributed by atoms with van der Waals surface area (Å²) in [7, 11) is 0. The normalized spacial score (nSPS) is 12.0. The number of imidazole rings is 1. The highest BCUT2D eigenvalue weighted by Crippen LogP contribution is 2.15. The number of unbranched alkanes of at least 4 members (excludes halogenated alkanes) is 1. The minimum atomic E-state index is 0.550. The van der Waals surface area contributed by atoms with Crippen molar-refractivity contribution >= 4 is 17.3 Å². The minimum absolute atomic E-state index is 0.550. The summed E-state index contributed by atoms with van der Waals surface area (Å²) in [6, 6.07) is 7.63. The van der Waals surface area contributed by atoms with Crippen LogP contribution in [-0.4, -0.2) is 46.4 Å². The van der Waals surface area contributed by atoms with Gasteiger partial charge in [-0.25, -0.2) is 4.98 Å². The van der Waals surface area contributed by atoms with Crippen LogP contribution in [0.2, 0.25) is 5.02 Å². The van der Waals surface area contributed by atoms with Crippen LogP contribution in [0.15, 0.2) is 41.8 Å². The number of hydrogen-bond acceptors (Lipinski definition) is 4. The van der Waals surface area contributed by atoms with Crippen molar-refractivity contribution in [3.63, 3.8) is 0 Å². The Labute approximate surface area is 161 Å². The number of hydrogen-bond donors (Lipinski definition) is 0. The van der Waals surface area contributed by atoms with E-state index in [1.165, 1.54) is 0 Å². The molecule has 0 saturated heterocycles. The van der Waals surface area contributed by atoms with E-state index in [1.807, 2.05) is 36.7 Å². The van der Waals surface area contributed by atoms with Gasteiger partial charge in [0.1, 0.15) is 6.61 Å². The van der Waals surface area contributed by atoms with Crippen molar-refractivity contribution in [1.82, 2.24) is 14.5 Å². The molecule has 0 aliphatic rings. The lowest BCUT2D eigenvalue weighted by Gasteiger charge is -2.17. The third-order valence-electron chi connectivity index (χ3n) is 4.35. The number of aromatic nitrogens is 2. The number of oxime groups is 1. The molecule has 0 aliphatic carbocycles. The highest BCUT2D eigenvalue weighted by Gasteiger charge is 2.14. The van der Waals surface area contributed by atoms with Gasteiger partial charge in [0.25, 0.3) is 0 Å². The fourth-order valence-corrected chi connectivity index (χ4v) is 2.81. The topological polar surface area (TPSA) is 42.6 Å². The third kappa shape index (κ3) is 5.85. The number of halogens is 1. The lowest BCUT2D eigenvalue weighted by atomic mass is 10.1. The van der Waals surface area contributed by atoms with E-state index in [0.717, 1.165) is 56.1 Å². The maximum atomic E-state index is 6.04. The first-order valence-electron chi connectivity index (χ1n) is 9.39. The molecule has 1 aromatic heterocycles. The Morgan fingerprint density at radius 1 is 1.19 bits per heavy atom. The molecule has 26 heavy (non-hydrogen) atoms. The van der Waals surface area contributed by atoms with E-state index in [2.05, 4.69) is 40.4 Å². The molecule has 0 radical (unpaired) electrons. The summed E-state index contributed by atoms with van der Waals surface area (Å²) in [5, 5.41) is 5.14. The van der Waals surface area contributed by atoms with Gasteiger partial charge in [0.05, 0.1) is 0 Å².